The first-order valence-corrected chi connectivity index (χ1v) is 9.16. The fraction of sp³-hybridized carbons (Fsp3) is 0.308. The molecule has 1 unspecified atom stereocenters. The highest BCUT2D eigenvalue weighted by Gasteiger charge is 2.16. The minimum atomic E-state index is -3.70. The molecule has 1 aromatic carbocycles. The second-order valence-corrected chi connectivity index (χ2v) is 8.20. The molecule has 2 rings (SSSR count). The lowest BCUT2D eigenvalue weighted by Gasteiger charge is -2.25. The minimum Gasteiger partial charge on any atom is -0.360 e. The first kappa shape index (κ1) is 17.2. The molecule has 2 aromatic rings. The number of nitrogens with zero attached hydrogens (tertiary/aromatic N) is 2. The Labute approximate surface area is 139 Å². The van der Waals surface area contributed by atoms with Crippen molar-refractivity contribution in [1.29, 1.82) is 0 Å². The Kier molecular flexibility index (Phi) is 5.41. The van der Waals surface area contributed by atoms with Crippen LogP contribution >= 0.6 is 22.9 Å². The molecule has 0 saturated carbocycles. The van der Waals surface area contributed by atoms with Crippen LogP contribution in [-0.4, -0.2) is 38.9 Å². The fourth-order valence-corrected chi connectivity index (χ4v) is 3.52. The van der Waals surface area contributed by atoms with Gasteiger partial charge in [0.15, 0.2) is 9.34 Å². The van der Waals surface area contributed by atoms with Crippen LogP contribution in [0.4, 0.5) is 5.13 Å². The van der Waals surface area contributed by atoms with Crippen molar-refractivity contribution in [2.24, 2.45) is 5.14 Å². The van der Waals surface area contributed by atoms with Crippen molar-refractivity contribution < 1.29 is 8.42 Å². The summed E-state index contributed by atoms with van der Waals surface area (Å²) < 4.78 is 22.5. The summed E-state index contributed by atoms with van der Waals surface area (Å²) in [4.78, 5) is 6.09. The van der Waals surface area contributed by atoms with E-state index in [-0.39, 0.29) is 10.3 Å². The smallest absolute Gasteiger partial charge is 0.249 e. The van der Waals surface area contributed by atoms with E-state index < -0.39 is 10.0 Å². The monoisotopic (exact) mass is 360 g/mol. The number of nitrogens with two attached hydrogens (primary N) is 1. The SMILES string of the molecule is CN(C)C(CNc1ncc(S(N)(=O)=O)s1)c1ccc(Cl)cc1. The van der Waals surface area contributed by atoms with Gasteiger partial charge in [0.2, 0.25) is 10.0 Å². The highest BCUT2D eigenvalue weighted by Crippen LogP contribution is 2.24. The number of hydrogen-bond acceptors (Lipinski definition) is 6. The predicted octanol–water partition coefficient (Wildman–Crippen LogP) is 2.16. The molecule has 1 heterocycles. The van der Waals surface area contributed by atoms with Gasteiger partial charge in [0.25, 0.3) is 0 Å². The van der Waals surface area contributed by atoms with Gasteiger partial charge in [0, 0.05) is 11.6 Å². The Morgan fingerprint density at radius 1 is 1.36 bits per heavy atom. The Bertz CT molecular complexity index is 729. The molecule has 9 heteroatoms. The molecule has 120 valence electrons. The zero-order valence-corrected chi connectivity index (χ0v) is 14.5. The summed E-state index contributed by atoms with van der Waals surface area (Å²) in [5.74, 6) is 0. The van der Waals surface area contributed by atoms with Crippen molar-refractivity contribution in [2.75, 3.05) is 26.0 Å². The summed E-state index contributed by atoms with van der Waals surface area (Å²) >= 11 is 6.92. The molecule has 1 aromatic heterocycles. The van der Waals surface area contributed by atoms with Gasteiger partial charge < -0.3 is 10.2 Å². The van der Waals surface area contributed by atoms with E-state index in [1.807, 2.05) is 38.4 Å². The normalized spacial score (nSPS) is 13.3. The van der Waals surface area contributed by atoms with Gasteiger partial charge >= 0.3 is 0 Å². The summed E-state index contributed by atoms with van der Waals surface area (Å²) in [6, 6.07) is 7.71. The number of primary sulfonamides is 1. The highest BCUT2D eigenvalue weighted by atomic mass is 35.5. The second-order valence-electron chi connectivity index (χ2n) is 4.94. The predicted molar refractivity (Wildman–Crippen MR) is 89.9 cm³/mol. The maximum absolute atomic E-state index is 11.2. The van der Waals surface area contributed by atoms with Gasteiger partial charge in [-0.25, -0.2) is 18.5 Å². The molecule has 0 aliphatic carbocycles. The van der Waals surface area contributed by atoms with Crippen LogP contribution in [0.15, 0.2) is 34.7 Å². The molecule has 22 heavy (non-hydrogen) atoms. The zero-order chi connectivity index (χ0) is 16.3. The maximum atomic E-state index is 11.2. The maximum Gasteiger partial charge on any atom is 0.249 e. The molecule has 1 atom stereocenters. The van der Waals surface area contributed by atoms with E-state index in [4.69, 9.17) is 16.7 Å². The molecular formula is C13H17ClN4O2S2. The average Bonchev–Trinajstić information content (AvgIpc) is 2.89. The molecule has 0 amide bonds. The molecule has 0 aliphatic heterocycles. The number of aromatic nitrogens is 1. The Morgan fingerprint density at radius 3 is 2.50 bits per heavy atom. The van der Waals surface area contributed by atoms with E-state index in [2.05, 4.69) is 15.2 Å². The summed E-state index contributed by atoms with van der Waals surface area (Å²) in [5, 5.41) is 9.42. The number of halogens is 1. The summed E-state index contributed by atoms with van der Waals surface area (Å²) in [6.07, 6.45) is 1.26. The molecule has 3 N–H and O–H groups in total. The van der Waals surface area contributed by atoms with Gasteiger partial charge in [-0.15, -0.1) is 0 Å². The number of nitrogens with one attached hydrogen (secondary N) is 1. The van der Waals surface area contributed by atoms with Crippen molar-refractivity contribution in [3.8, 4) is 0 Å². The topological polar surface area (TPSA) is 88.3 Å². The average molecular weight is 361 g/mol. The Hall–Kier alpha value is -1.19. The van der Waals surface area contributed by atoms with Crippen molar-refractivity contribution in [2.45, 2.75) is 10.3 Å². The van der Waals surface area contributed by atoms with Crippen molar-refractivity contribution in [3.63, 3.8) is 0 Å². The lowest BCUT2D eigenvalue weighted by molar-refractivity contribution is 0.312. The second kappa shape index (κ2) is 6.93. The van der Waals surface area contributed by atoms with Gasteiger partial charge in [-0.2, -0.15) is 0 Å². The van der Waals surface area contributed by atoms with Crippen LogP contribution in [0, 0.1) is 0 Å². The number of anilines is 1. The lowest BCUT2D eigenvalue weighted by atomic mass is 10.1. The van der Waals surface area contributed by atoms with E-state index in [1.165, 1.54) is 6.20 Å². The standard InChI is InChI=1S/C13H17ClN4O2S2/c1-18(2)11(9-3-5-10(14)6-4-9)7-16-13-17-8-12(21-13)22(15,19)20/h3-6,8,11H,7H2,1-2H3,(H,16,17)(H2,15,19,20). The van der Waals surface area contributed by atoms with Crippen LogP contribution < -0.4 is 10.5 Å². The quantitative estimate of drug-likeness (QED) is 0.824. The number of rotatable bonds is 6. The van der Waals surface area contributed by atoms with E-state index in [1.54, 1.807) is 0 Å². The van der Waals surface area contributed by atoms with Gasteiger partial charge in [0.05, 0.1) is 12.2 Å². The minimum absolute atomic E-state index is 0.0443. The van der Waals surface area contributed by atoms with E-state index in [9.17, 15) is 8.42 Å². The van der Waals surface area contributed by atoms with Crippen LogP contribution in [-0.2, 0) is 10.0 Å². The molecule has 0 spiro atoms. The van der Waals surface area contributed by atoms with Crippen LogP contribution in [0.5, 0.6) is 0 Å². The van der Waals surface area contributed by atoms with Crippen LogP contribution in [0.1, 0.15) is 11.6 Å². The third-order valence-electron chi connectivity index (χ3n) is 3.09. The highest BCUT2D eigenvalue weighted by molar-refractivity contribution is 7.91. The third kappa shape index (κ3) is 4.40. The van der Waals surface area contributed by atoms with Crippen LogP contribution in [0.25, 0.3) is 0 Å². The molecule has 0 bridgehead atoms. The number of likely N-dealkylation sites (N-methyl/N-ethyl adjacent to an activating group) is 1. The number of sulfonamides is 1. The van der Waals surface area contributed by atoms with Gasteiger partial charge in [-0.3, -0.25) is 0 Å². The third-order valence-corrected chi connectivity index (χ3v) is 5.70. The van der Waals surface area contributed by atoms with E-state index in [0.717, 1.165) is 16.9 Å². The molecular weight excluding hydrogens is 344 g/mol. The molecule has 0 aliphatic rings. The molecule has 6 nitrogen and oxygen atoms in total. The van der Waals surface area contributed by atoms with Gasteiger partial charge in [0.1, 0.15) is 0 Å². The largest absolute Gasteiger partial charge is 0.360 e. The number of hydrogen-bond donors (Lipinski definition) is 2. The van der Waals surface area contributed by atoms with Crippen molar-refractivity contribution >= 4 is 38.1 Å². The summed E-state index contributed by atoms with van der Waals surface area (Å²) in [6.45, 7) is 0.576. The first-order valence-electron chi connectivity index (χ1n) is 6.42. The summed E-state index contributed by atoms with van der Waals surface area (Å²) in [5.41, 5.74) is 1.10. The van der Waals surface area contributed by atoms with Crippen molar-refractivity contribution in [1.82, 2.24) is 9.88 Å². The van der Waals surface area contributed by atoms with E-state index in [0.29, 0.717) is 16.7 Å². The zero-order valence-electron chi connectivity index (χ0n) is 12.2. The summed E-state index contributed by atoms with van der Waals surface area (Å²) in [7, 11) is 0.239. The van der Waals surface area contributed by atoms with Crippen molar-refractivity contribution in [3.05, 3.63) is 41.0 Å². The van der Waals surface area contributed by atoms with Crippen LogP contribution in [0.2, 0.25) is 5.02 Å². The van der Waals surface area contributed by atoms with E-state index >= 15 is 0 Å². The Balaban J connectivity index is 2.09. The molecule has 0 fully saturated rings. The fourth-order valence-electron chi connectivity index (χ4n) is 1.94. The Morgan fingerprint density at radius 2 is 2.00 bits per heavy atom. The molecule has 0 radical (unpaired) electrons. The first-order chi connectivity index (χ1) is 10.3. The number of benzene rings is 1. The number of thiazole rings is 1. The van der Waals surface area contributed by atoms with Gasteiger partial charge in [-0.1, -0.05) is 35.1 Å². The lowest BCUT2D eigenvalue weighted by Crippen LogP contribution is -2.26. The van der Waals surface area contributed by atoms with Crippen LogP contribution in [0.3, 0.4) is 0 Å². The molecule has 0 saturated heterocycles. The van der Waals surface area contributed by atoms with Gasteiger partial charge in [-0.05, 0) is 31.8 Å².